The molecule has 2 rings (SSSR count). The minimum absolute atomic E-state index is 0.0351. The molecular weight excluding hydrogens is 276 g/mol. The van der Waals surface area contributed by atoms with E-state index < -0.39 is 0 Å². The van der Waals surface area contributed by atoms with E-state index in [1.807, 2.05) is 60.7 Å². The molecule has 0 aromatic heterocycles. The minimum atomic E-state index is -0.193. The number of aryl methyl sites for hydroxylation is 1. The number of rotatable bonds is 6. The molecule has 4 heteroatoms. The molecule has 1 N–H and O–H groups in total. The van der Waals surface area contributed by atoms with Gasteiger partial charge in [-0.05, 0) is 24.1 Å². The van der Waals surface area contributed by atoms with Crippen molar-refractivity contribution in [3.8, 4) is 0 Å². The molecule has 2 aromatic rings. The van der Waals surface area contributed by atoms with E-state index in [1.165, 1.54) is 4.90 Å². The highest BCUT2D eigenvalue weighted by Crippen LogP contribution is 2.06. The van der Waals surface area contributed by atoms with Gasteiger partial charge in [0.2, 0.25) is 11.8 Å². The maximum Gasteiger partial charge on any atom is 0.243 e. The van der Waals surface area contributed by atoms with Gasteiger partial charge in [-0.2, -0.15) is 0 Å². The first-order valence-electron chi connectivity index (χ1n) is 7.28. The molecule has 0 unspecified atom stereocenters. The number of carbonyl (C=O) groups is 2. The van der Waals surface area contributed by atoms with Crippen LogP contribution in [0.2, 0.25) is 0 Å². The monoisotopic (exact) mass is 296 g/mol. The number of anilines is 1. The van der Waals surface area contributed by atoms with Crippen LogP contribution >= 0.6 is 0 Å². The summed E-state index contributed by atoms with van der Waals surface area (Å²) in [5.41, 5.74) is 1.86. The minimum Gasteiger partial charge on any atom is -0.336 e. The van der Waals surface area contributed by atoms with Gasteiger partial charge in [-0.1, -0.05) is 48.5 Å². The number of carbonyl (C=O) groups excluding carboxylic acids is 2. The maximum atomic E-state index is 12.1. The fourth-order valence-corrected chi connectivity index (χ4v) is 2.11. The summed E-state index contributed by atoms with van der Waals surface area (Å²) in [6, 6.07) is 19.1. The second-order valence-corrected chi connectivity index (χ2v) is 5.15. The lowest BCUT2D eigenvalue weighted by Crippen LogP contribution is -2.35. The van der Waals surface area contributed by atoms with Gasteiger partial charge in [-0.15, -0.1) is 0 Å². The predicted molar refractivity (Wildman–Crippen MR) is 87.5 cm³/mol. The summed E-state index contributed by atoms with van der Waals surface area (Å²) in [6.45, 7) is 0.0581. The molecule has 2 amide bonds. The molecule has 2 aromatic carbocycles. The third-order valence-corrected chi connectivity index (χ3v) is 3.33. The molecule has 0 saturated carbocycles. The highest BCUT2D eigenvalue weighted by atomic mass is 16.2. The molecule has 114 valence electrons. The van der Waals surface area contributed by atoms with Crippen molar-refractivity contribution in [1.82, 2.24) is 4.90 Å². The third kappa shape index (κ3) is 5.05. The van der Waals surface area contributed by atoms with Gasteiger partial charge in [0.05, 0.1) is 6.54 Å². The first-order valence-corrected chi connectivity index (χ1v) is 7.28. The molecule has 0 aliphatic rings. The van der Waals surface area contributed by atoms with Gasteiger partial charge in [0, 0.05) is 19.2 Å². The van der Waals surface area contributed by atoms with E-state index >= 15 is 0 Å². The van der Waals surface area contributed by atoms with E-state index in [9.17, 15) is 9.59 Å². The van der Waals surface area contributed by atoms with E-state index in [-0.39, 0.29) is 18.4 Å². The Morgan fingerprint density at radius 1 is 0.955 bits per heavy atom. The SMILES string of the molecule is CN(CC(=O)Nc1ccccc1)C(=O)CCc1ccccc1. The number of amides is 2. The Balaban J connectivity index is 1.77. The zero-order valence-electron chi connectivity index (χ0n) is 12.7. The second kappa shape index (κ2) is 7.98. The van der Waals surface area contributed by atoms with Crippen molar-refractivity contribution in [1.29, 1.82) is 0 Å². The summed E-state index contributed by atoms with van der Waals surface area (Å²) in [5, 5.41) is 2.77. The molecule has 0 bridgehead atoms. The highest BCUT2D eigenvalue weighted by molar-refractivity contribution is 5.94. The van der Waals surface area contributed by atoms with Gasteiger partial charge >= 0.3 is 0 Å². The topological polar surface area (TPSA) is 49.4 Å². The maximum absolute atomic E-state index is 12.1. The van der Waals surface area contributed by atoms with Crippen molar-refractivity contribution in [2.24, 2.45) is 0 Å². The van der Waals surface area contributed by atoms with Crippen LogP contribution in [0.5, 0.6) is 0 Å². The molecular formula is C18H20N2O2. The Labute approximate surface area is 130 Å². The smallest absolute Gasteiger partial charge is 0.243 e. The van der Waals surface area contributed by atoms with Crippen molar-refractivity contribution < 1.29 is 9.59 Å². The number of para-hydroxylation sites is 1. The van der Waals surface area contributed by atoms with Crippen LogP contribution in [0.1, 0.15) is 12.0 Å². The molecule has 0 saturated heterocycles. The average molecular weight is 296 g/mol. The number of likely N-dealkylation sites (N-methyl/N-ethyl adjacent to an activating group) is 1. The van der Waals surface area contributed by atoms with Crippen molar-refractivity contribution in [2.45, 2.75) is 12.8 Å². The van der Waals surface area contributed by atoms with Crippen LogP contribution in [0, 0.1) is 0 Å². The van der Waals surface area contributed by atoms with Crippen LogP contribution in [0.15, 0.2) is 60.7 Å². The summed E-state index contributed by atoms with van der Waals surface area (Å²) in [5.74, 6) is -0.228. The molecule has 0 heterocycles. The van der Waals surface area contributed by atoms with Gasteiger partial charge in [0.15, 0.2) is 0 Å². The second-order valence-electron chi connectivity index (χ2n) is 5.15. The van der Waals surface area contributed by atoms with E-state index in [4.69, 9.17) is 0 Å². The van der Waals surface area contributed by atoms with Gasteiger partial charge in [0.25, 0.3) is 0 Å². The van der Waals surface area contributed by atoms with E-state index in [1.54, 1.807) is 7.05 Å². The number of nitrogens with zero attached hydrogens (tertiary/aromatic N) is 1. The molecule has 4 nitrogen and oxygen atoms in total. The molecule has 0 atom stereocenters. The molecule has 0 fully saturated rings. The van der Waals surface area contributed by atoms with Crippen LogP contribution in [-0.2, 0) is 16.0 Å². The third-order valence-electron chi connectivity index (χ3n) is 3.33. The lowest BCUT2D eigenvalue weighted by molar-refractivity contribution is -0.133. The van der Waals surface area contributed by atoms with Crippen LogP contribution in [0.25, 0.3) is 0 Å². The Kier molecular flexibility index (Phi) is 5.72. The summed E-state index contributed by atoms with van der Waals surface area (Å²) in [6.07, 6.45) is 1.09. The molecule has 0 aliphatic heterocycles. The first kappa shape index (κ1) is 15.8. The van der Waals surface area contributed by atoms with Crippen molar-refractivity contribution in [3.05, 3.63) is 66.2 Å². The Morgan fingerprint density at radius 3 is 2.18 bits per heavy atom. The first-order chi connectivity index (χ1) is 10.6. The van der Waals surface area contributed by atoms with E-state index in [0.29, 0.717) is 12.8 Å². The lowest BCUT2D eigenvalue weighted by atomic mass is 10.1. The quantitative estimate of drug-likeness (QED) is 0.891. The van der Waals surface area contributed by atoms with Crippen LogP contribution < -0.4 is 5.32 Å². The molecule has 22 heavy (non-hydrogen) atoms. The average Bonchev–Trinajstić information content (AvgIpc) is 2.54. The highest BCUT2D eigenvalue weighted by Gasteiger charge is 2.12. The fourth-order valence-electron chi connectivity index (χ4n) is 2.11. The van der Waals surface area contributed by atoms with Gasteiger partial charge in [-0.25, -0.2) is 0 Å². The summed E-state index contributed by atoms with van der Waals surface area (Å²) in [7, 11) is 1.65. The van der Waals surface area contributed by atoms with Gasteiger partial charge in [-0.3, -0.25) is 9.59 Å². The van der Waals surface area contributed by atoms with Crippen molar-refractivity contribution in [2.75, 3.05) is 18.9 Å². The van der Waals surface area contributed by atoms with Crippen LogP contribution in [0.4, 0.5) is 5.69 Å². The summed E-state index contributed by atoms with van der Waals surface area (Å²) in [4.78, 5) is 25.4. The largest absolute Gasteiger partial charge is 0.336 e. The Hall–Kier alpha value is -2.62. The Bertz CT molecular complexity index is 611. The number of nitrogens with one attached hydrogen (secondary N) is 1. The molecule has 0 spiro atoms. The lowest BCUT2D eigenvalue weighted by Gasteiger charge is -2.16. The number of hydrogen-bond acceptors (Lipinski definition) is 2. The molecule has 0 radical (unpaired) electrons. The zero-order chi connectivity index (χ0) is 15.8. The van der Waals surface area contributed by atoms with Crippen molar-refractivity contribution in [3.63, 3.8) is 0 Å². The molecule has 0 aliphatic carbocycles. The van der Waals surface area contributed by atoms with Crippen LogP contribution in [-0.4, -0.2) is 30.3 Å². The number of hydrogen-bond donors (Lipinski definition) is 1. The van der Waals surface area contributed by atoms with E-state index in [2.05, 4.69) is 5.32 Å². The summed E-state index contributed by atoms with van der Waals surface area (Å²) < 4.78 is 0. The van der Waals surface area contributed by atoms with Gasteiger partial charge < -0.3 is 10.2 Å². The fraction of sp³-hybridized carbons (Fsp3) is 0.222. The predicted octanol–water partition coefficient (Wildman–Crippen LogP) is 2.72. The van der Waals surface area contributed by atoms with Gasteiger partial charge in [0.1, 0.15) is 0 Å². The normalized spacial score (nSPS) is 10.0. The standard InChI is InChI=1S/C18H20N2O2/c1-20(14-17(21)19-16-10-6-3-7-11-16)18(22)13-12-15-8-4-2-5-9-15/h2-11H,12-14H2,1H3,(H,19,21). The Morgan fingerprint density at radius 2 is 1.55 bits per heavy atom. The van der Waals surface area contributed by atoms with E-state index in [0.717, 1.165) is 11.3 Å². The van der Waals surface area contributed by atoms with Crippen LogP contribution in [0.3, 0.4) is 0 Å². The number of benzene rings is 2. The van der Waals surface area contributed by atoms with Crippen molar-refractivity contribution >= 4 is 17.5 Å². The zero-order valence-corrected chi connectivity index (χ0v) is 12.7. The summed E-state index contributed by atoms with van der Waals surface area (Å²) >= 11 is 0.